The van der Waals surface area contributed by atoms with Gasteiger partial charge in [0.25, 0.3) is 11.8 Å². The number of rotatable bonds is 6. The van der Waals surface area contributed by atoms with Gasteiger partial charge in [0.05, 0.1) is 0 Å². The highest BCUT2D eigenvalue weighted by molar-refractivity contribution is 5.94. The average molecular weight is 409 g/mol. The maximum Gasteiger partial charge on any atom is 0.260 e. The van der Waals surface area contributed by atoms with Crippen LogP contribution in [0.25, 0.3) is 0 Å². The van der Waals surface area contributed by atoms with Gasteiger partial charge in [0.2, 0.25) is 0 Å². The van der Waals surface area contributed by atoms with Gasteiger partial charge in [-0.1, -0.05) is 31.5 Å². The summed E-state index contributed by atoms with van der Waals surface area (Å²) in [7, 11) is 0. The Hall–Kier alpha value is -2.82. The van der Waals surface area contributed by atoms with Crippen LogP contribution in [0.1, 0.15) is 46.8 Å². The fraction of sp³-hybridized carbons (Fsp3) is 0.440. The Morgan fingerprint density at radius 1 is 0.900 bits per heavy atom. The summed E-state index contributed by atoms with van der Waals surface area (Å²) in [6, 6.07) is 13.8. The minimum absolute atomic E-state index is 0.0260. The molecule has 0 aromatic heterocycles. The molecule has 3 rings (SSSR count). The van der Waals surface area contributed by atoms with Crippen LogP contribution in [0.2, 0.25) is 0 Å². The first-order chi connectivity index (χ1) is 14.5. The standard InChI is InChI=1S/C25H32N2O3/c1-4-6-21-8-11-23(12-9-21)30-18-24(28)26-13-5-14-27(16-15-26)25(29)22-10-7-19(2)20(3)17-22/h7-12,17H,4-6,13-16,18H2,1-3H3. The summed E-state index contributed by atoms with van der Waals surface area (Å²) in [6.45, 7) is 8.63. The van der Waals surface area contributed by atoms with Crippen molar-refractivity contribution in [2.45, 2.75) is 40.0 Å². The quantitative estimate of drug-likeness (QED) is 0.726. The van der Waals surface area contributed by atoms with E-state index in [1.54, 1.807) is 4.90 Å². The molecule has 0 atom stereocenters. The van der Waals surface area contributed by atoms with Crippen LogP contribution in [0.3, 0.4) is 0 Å². The van der Waals surface area contributed by atoms with Gasteiger partial charge >= 0.3 is 0 Å². The Bertz CT molecular complexity index is 876. The third-order valence-electron chi connectivity index (χ3n) is 5.71. The maximum absolute atomic E-state index is 12.9. The van der Waals surface area contributed by atoms with Gasteiger partial charge in [0.1, 0.15) is 5.75 Å². The van der Waals surface area contributed by atoms with Gasteiger partial charge in [0.15, 0.2) is 6.61 Å². The maximum atomic E-state index is 12.9. The second-order valence-electron chi connectivity index (χ2n) is 8.01. The molecule has 2 amide bonds. The van der Waals surface area contributed by atoms with Crippen LogP contribution in [-0.2, 0) is 11.2 Å². The van der Waals surface area contributed by atoms with E-state index in [9.17, 15) is 9.59 Å². The van der Waals surface area contributed by atoms with E-state index in [0.29, 0.717) is 37.5 Å². The van der Waals surface area contributed by atoms with Crippen molar-refractivity contribution in [1.29, 1.82) is 0 Å². The van der Waals surface area contributed by atoms with E-state index >= 15 is 0 Å². The number of nitrogens with zero attached hydrogens (tertiary/aromatic N) is 2. The number of carbonyl (C=O) groups is 2. The highest BCUT2D eigenvalue weighted by Gasteiger charge is 2.23. The Balaban J connectivity index is 1.51. The molecule has 0 unspecified atom stereocenters. The SMILES string of the molecule is CCCc1ccc(OCC(=O)N2CCCN(C(=O)c3ccc(C)c(C)c3)CC2)cc1. The summed E-state index contributed by atoms with van der Waals surface area (Å²) in [5, 5.41) is 0. The van der Waals surface area contributed by atoms with Crippen molar-refractivity contribution in [1.82, 2.24) is 9.80 Å². The molecule has 0 N–H and O–H groups in total. The number of carbonyl (C=O) groups excluding carboxylic acids is 2. The Labute approximate surface area is 179 Å². The molecule has 160 valence electrons. The number of ether oxygens (including phenoxy) is 1. The Morgan fingerprint density at radius 3 is 2.30 bits per heavy atom. The van der Waals surface area contributed by atoms with E-state index in [1.807, 2.05) is 61.2 Å². The Morgan fingerprint density at radius 2 is 1.60 bits per heavy atom. The van der Waals surface area contributed by atoms with Crippen molar-refractivity contribution in [2.75, 3.05) is 32.8 Å². The van der Waals surface area contributed by atoms with Crippen LogP contribution < -0.4 is 4.74 Å². The lowest BCUT2D eigenvalue weighted by Gasteiger charge is -2.22. The van der Waals surface area contributed by atoms with Gasteiger partial charge in [-0.25, -0.2) is 0 Å². The molecule has 1 aliphatic rings. The van der Waals surface area contributed by atoms with Gasteiger partial charge in [-0.2, -0.15) is 0 Å². The van der Waals surface area contributed by atoms with Crippen molar-refractivity contribution in [3.63, 3.8) is 0 Å². The highest BCUT2D eigenvalue weighted by Crippen LogP contribution is 2.15. The molecular formula is C25H32N2O3. The lowest BCUT2D eigenvalue weighted by atomic mass is 10.1. The monoisotopic (exact) mass is 408 g/mol. The van der Waals surface area contributed by atoms with E-state index in [2.05, 4.69) is 6.92 Å². The van der Waals surface area contributed by atoms with Crippen LogP contribution in [0.5, 0.6) is 5.75 Å². The average Bonchev–Trinajstić information content (AvgIpc) is 3.01. The summed E-state index contributed by atoms with van der Waals surface area (Å²) in [6.07, 6.45) is 2.93. The second kappa shape index (κ2) is 10.3. The van der Waals surface area contributed by atoms with Crippen molar-refractivity contribution in [3.05, 3.63) is 64.7 Å². The van der Waals surface area contributed by atoms with Gasteiger partial charge in [0, 0.05) is 31.7 Å². The number of hydrogen-bond acceptors (Lipinski definition) is 3. The normalized spacial score (nSPS) is 14.4. The zero-order chi connectivity index (χ0) is 21.5. The second-order valence-corrected chi connectivity index (χ2v) is 8.01. The minimum atomic E-state index is -0.0342. The highest BCUT2D eigenvalue weighted by atomic mass is 16.5. The van der Waals surface area contributed by atoms with Gasteiger partial charge in [-0.15, -0.1) is 0 Å². The Kier molecular flexibility index (Phi) is 7.50. The molecule has 0 radical (unpaired) electrons. The molecule has 5 heteroatoms. The molecule has 1 aliphatic heterocycles. The summed E-state index contributed by atoms with van der Waals surface area (Å²) < 4.78 is 5.69. The first-order valence-electron chi connectivity index (χ1n) is 10.8. The van der Waals surface area contributed by atoms with Crippen molar-refractivity contribution in [3.8, 4) is 5.75 Å². The first kappa shape index (κ1) is 21.9. The summed E-state index contributed by atoms with van der Waals surface area (Å²) in [4.78, 5) is 29.2. The van der Waals surface area contributed by atoms with E-state index in [-0.39, 0.29) is 18.4 Å². The molecule has 1 fully saturated rings. The third-order valence-corrected chi connectivity index (χ3v) is 5.71. The number of aryl methyl sites for hydroxylation is 3. The van der Waals surface area contributed by atoms with Gasteiger partial charge < -0.3 is 14.5 Å². The lowest BCUT2D eigenvalue weighted by molar-refractivity contribution is -0.133. The topological polar surface area (TPSA) is 49.9 Å². The number of amides is 2. The molecule has 0 bridgehead atoms. The molecule has 0 aliphatic carbocycles. The van der Waals surface area contributed by atoms with Crippen LogP contribution in [0, 0.1) is 13.8 Å². The van der Waals surface area contributed by atoms with E-state index in [1.165, 1.54) is 11.1 Å². The minimum Gasteiger partial charge on any atom is -0.484 e. The number of benzene rings is 2. The molecule has 30 heavy (non-hydrogen) atoms. The fourth-order valence-corrected chi connectivity index (χ4v) is 3.70. The number of hydrogen-bond donors (Lipinski definition) is 0. The first-order valence-corrected chi connectivity index (χ1v) is 10.8. The van der Waals surface area contributed by atoms with Crippen LogP contribution in [0.15, 0.2) is 42.5 Å². The molecule has 2 aromatic rings. The largest absolute Gasteiger partial charge is 0.484 e. The van der Waals surface area contributed by atoms with E-state index in [0.717, 1.165) is 24.8 Å². The lowest BCUT2D eigenvalue weighted by Crippen LogP contribution is -2.39. The van der Waals surface area contributed by atoms with Crippen LogP contribution in [-0.4, -0.2) is 54.4 Å². The van der Waals surface area contributed by atoms with Crippen LogP contribution >= 0.6 is 0 Å². The molecule has 0 spiro atoms. The molecule has 0 saturated carbocycles. The third kappa shape index (κ3) is 5.62. The van der Waals surface area contributed by atoms with Crippen molar-refractivity contribution >= 4 is 11.8 Å². The van der Waals surface area contributed by atoms with Crippen molar-refractivity contribution < 1.29 is 14.3 Å². The molecule has 5 nitrogen and oxygen atoms in total. The zero-order valence-corrected chi connectivity index (χ0v) is 18.3. The molecular weight excluding hydrogens is 376 g/mol. The van der Waals surface area contributed by atoms with Crippen LogP contribution in [0.4, 0.5) is 0 Å². The fourth-order valence-electron chi connectivity index (χ4n) is 3.70. The summed E-state index contributed by atoms with van der Waals surface area (Å²) >= 11 is 0. The van der Waals surface area contributed by atoms with Gasteiger partial charge in [-0.05, 0) is 67.6 Å². The summed E-state index contributed by atoms with van der Waals surface area (Å²) in [5.74, 6) is 0.716. The molecule has 1 saturated heterocycles. The molecule has 1 heterocycles. The van der Waals surface area contributed by atoms with Gasteiger partial charge in [-0.3, -0.25) is 9.59 Å². The predicted molar refractivity (Wildman–Crippen MR) is 119 cm³/mol. The molecule has 2 aromatic carbocycles. The van der Waals surface area contributed by atoms with E-state index in [4.69, 9.17) is 4.74 Å². The smallest absolute Gasteiger partial charge is 0.260 e. The zero-order valence-electron chi connectivity index (χ0n) is 18.3. The predicted octanol–water partition coefficient (Wildman–Crippen LogP) is 4.01. The van der Waals surface area contributed by atoms with E-state index < -0.39 is 0 Å². The summed E-state index contributed by atoms with van der Waals surface area (Å²) in [5.41, 5.74) is 4.29. The van der Waals surface area contributed by atoms with Crippen molar-refractivity contribution in [2.24, 2.45) is 0 Å².